The second-order valence-electron chi connectivity index (χ2n) is 4.10. The van der Waals surface area contributed by atoms with Crippen molar-refractivity contribution in [2.24, 2.45) is 4.99 Å². The SMILES string of the molecule is O=[N+]([O-])c1ccc(O)c(CN=Cc2ccccc2O)c1. The molecular weight excluding hydrogens is 260 g/mol. The standard InChI is InChI=1S/C14H12N2O4/c17-13-4-2-1-3-10(13)8-15-9-11-7-12(16(19)20)5-6-14(11)18/h1-8,17-18H,9H2. The number of phenolic OH excluding ortho intramolecular Hbond substituents is 2. The second kappa shape index (κ2) is 5.83. The van der Waals surface area contributed by atoms with Crippen LogP contribution in [0.3, 0.4) is 0 Å². The lowest BCUT2D eigenvalue weighted by Crippen LogP contribution is -1.91. The average Bonchev–Trinajstić information content (AvgIpc) is 2.42. The Morgan fingerprint density at radius 2 is 1.90 bits per heavy atom. The predicted octanol–water partition coefficient (Wildman–Crippen LogP) is 2.63. The van der Waals surface area contributed by atoms with Gasteiger partial charge in [-0.25, -0.2) is 0 Å². The molecule has 2 aromatic rings. The highest BCUT2D eigenvalue weighted by Crippen LogP contribution is 2.23. The summed E-state index contributed by atoms with van der Waals surface area (Å²) in [5.41, 5.74) is 0.791. The van der Waals surface area contributed by atoms with Crippen molar-refractivity contribution in [2.45, 2.75) is 6.54 Å². The molecule has 0 saturated heterocycles. The van der Waals surface area contributed by atoms with Gasteiger partial charge in [-0.3, -0.25) is 15.1 Å². The highest BCUT2D eigenvalue weighted by atomic mass is 16.6. The van der Waals surface area contributed by atoms with Crippen molar-refractivity contribution in [3.8, 4) is 11.5 Å². The molecule has 0 heterocycles. The molecule has 0 atom stereocenters. The zero-order valence-electron chi connectivity index (χ0n) is 10.4. The molecule has 2 N–H and O–H groups in total. The molecule has 0 fully saturated rings. The lowest BCUT2D eigenvalue weighted by molar-refractivity contribution is -0.384. The Balaban J connectivity index is 2.17. The molecule has 2 aromatic carbocycles. The first-order valence-electron chi connectivity index (χ1n) is 5.82. The number of aliphatic imine (C=N–C) groups is 1. The predicted molar refractivity (Wildman–Crippen MR) is 74.2 cm³/mol. The molecule has 0 bridgehead atoms. The fourth-order valence-corrected chi connectivity index (χ4v) is 1.65. The summed E-state index contributed by atoms with van der Waals surface area (Å²) in [4.78, 5) is 14.2. The van der Waals surface area contributed by atoms with E-state index >= 15 is 0 Å². The number of hydrogen-bond acceptors (Lipinski definition) is 5. The smallest absolute Gasteiger partial charge is 0.270 e. The minimum absolute atomic E-state index is 0.0509. The zero-order valence-corrected chi connectivity index (χ0v) is 10.4. The minimum Gasteiger partial charge on any atom is -0.508 e. The molecule has 0 saturated carbocycles. The molecule has 20 heavy (non-hydrogen) atoms. The van der Waals surface area contributed by atoms with Crippen LogP contribution in [-0.4, -0.2) is 21.4 Å². The van der Waals surface area contributed by atoms with E-state index < -0.39 is 4.92 Å². The third kappa shape index (κ3) is 3.11. The summed E-state index contributed by atoms with van der Waals surface area (Å²) >= 11 is 0. The van der Waals surface area contributed by atoms with Crippen molar-refractivity contribution < 1.29 is 15.1 Å². The van der Waals surface area contributed by atoms with Crippen molar-refractivity contribution >= 4 is 11.9 Å². The van der Waals surface area contributed by atoms with Crippen LogP contribution in [0.4, 0.5) is 5.69 Å². The van der Waals surface area contributed by atoms with Crippen LogP contribution in [0.15, 0.2) is 47.5 Å². The molecule has 0 aliphatic heterocycles. The van der Waals surface area contributed by atoms with E-state index in [-0.39, 0.29) is 23.7 Å². The van der Waals surface area contributed by atoms with Gasteiger partial charge in [0.1, 0.15) is 11.5 Å². The topological polar surface area (TPSA) is 96.0 Å². The Morgan fingerprint density at radius 1 is 1.15 bits per heavy atom. The number of aromatic hydroxyl groups is 2. The van der Waals surface area contributed by atoms with Crippen LogP contribution >= 0.6 is 0 Å². The molecule has 6 nitrogen and oxygen atoms in total. The van der Waals surface area contributed by atoms with Crippen molar-refractivity contribution in [3.05, 3.63) is 63.7 Å². The Hall–Kier alpha value is -2.89. The van der Waals surface area contributed by atoms with E-state index in [2.05, 4.69) is 4.99 Å². The van der Waals surface area contributed by atoms with E-state index in [4.69, 9.17) is 0 Å². The second-order valence-corrected chi connectivity index (χ2v) is 4.10. The number of para-hydroxylation sites is 1. The lowest BCUT2D eigenvalue weighted by atomic mass is 10.1. The fraction of sp³-hybridized carbons (Fsp3) is 0.0714. The van der Waals surface area contributed by atoms with E-state index in [0.29, 0.717) is 11.1 Å². The Bertz CT molecular complexity index is 668. The van der Waals surface area contributed by atoms with E-state index in [1.165, 1.54) is 30.5 Å². The molecular formula is C14H12N2O4. The van der Waals surface area contributed by atoms with Crippen LogP contribution in [0.25, 0.3) is 0 Å². The largest absolute Gasteiger partial charge is 0.508 e. The minimum atomic E-state index is -0.532. The summed E-state index contributed by atoms with van der Waals surface area (Å²) in [6.07, 6.45) is 1.45. The summed E-state index contributed by atoms with van der Waals surface area (Å²) in [5, 5.41) is 29.8. The molecule has 6 heteroatoms. The van der Waals surface area contributed by atoms with Gasteiger partial charge in [-0.15, -0.1) is 0 Å². The van der Waals surface area contributed by atoms with Crippen molar-refractivity contribution in [3.63, 3.8) is 0 Å². The van der Waals surface area contributed by atoms with Gasteiger partial charge in [-0.1, -0.05) is 12.1 Å². The quantitative estimate of drug-likeness (QED) is 0.508. The van der Waals surface area contributed by atoms with Crippen LogP contribution in [-0.2, 0) is 6.54 Å². The lowest BCUT2D eigenvalue weighted by Gasteiger charge is -2.01. The van der Waals surface area contributed by atoms with Gasteiger partial charge in [0.15, 0.2) is 0 Å². The molecule has 0 aliphatic rings. The number of nitro groups is 1. The summed E-state index contributed by atoms with van der Waals surface area (Å²) in [7, 11) is 0. The molecule has 0 aromatic heterocycles. The van der Waals surface area contributed by atoms with Gasteiger partial charge in [0.2, 0.25) is 0 Å². The number of rotatable bonds is 4. The third-order valence-corrected chi connectivity index (χ3v) is 2.70. The van der Waals surface area contributed by atoms with Gasteiger partial charge >= 0.3 is 0 Å². The summed E-state index contributed by atoms with van der Waals surface area (Å²) in [6, 6.07) is 10.4. The maximum absolute atomic E-state index is 10.7. The average molecular weight is 272 g/mol. The van der Waals surface area contributed by atoms with E-state index in [0.717, 1.165) is 0 Å². The highest BCUT2D eigenvalue weighted by molar-refractivity contribution is 5.83. The van der Waals surface area contributed by atoms with Crippen molar-refractivity contribution in [1.82, 2.24) is 0 Å². The summed E-state index contributed by atoms with van der Waals surface area (Å²) < 4.78 is 0. The van der Waals surface area contributed by atoms with E-state index in [1.807, 2.05) is 0 Å². The number of hydrogen-bond donors (Lipinski definition) is 2. The maximum Gasteiger partial charge on any atom is 0.270 e. The first-order chi connectivity index (χ1) is 9.58. The van der Waals surface area contributed by atoms with Gasteiger partial charge in [0.25, 0.3) is 5.69 Å². The fourth-order valence-electron chi connectivity index (χ4n) is 1.65. The highest BCUT2D eigenvalue weighted by Gasteiger charge is 2.09. The zero-order chi connectivity index (χ0) is 14.5. The van der Waals surface area contributed by atoms with Crippen LogP contribution in [0, 0.1) is 10.1 Å². The van der Waals surface area contributed by atoms with Crippen LogP contribution in [0.2, 0.25) is 0 Å². The molecule has 0 radical (unpaired) electrons. The van der Waals surface area contributed by atoms with Crippen LogP contribution < -0.4 is 0 Å². The molecule has 2 rings (SSSR count). The van der Waals surface area contributed by atoms with Gasteiger partial charge in [-0.2, -0.15) is 0 Å². The number of benzene rings is 2. The van der Waals surface area contributed by atoms with Gasteiger partial charge in [-0.05, 0) is 18.2 Å². The van der Waals surface area contributed by atoms with Gasteiger partial charge in [0, 0.05) is 29.5 Å². The Labute approximate surface area is 114 Å². The van der Waals surface area contributed by atoms with E-state index in [1.54, 1.807) is 18.2 Å². The van der Waals surface area contributed by atoms with E-state index in [9.17, 15) is 20.3 Å². The van der Waals surface area contributed by atoms with Crippen LogP contribution in [0.5, 0.6) is 11.5 Å². The summed E-state index contributed by atoms with van der Waals surface area (Å²) in [5.74, 6) is 0.0459. The van der Waals surface area contributed by atoms with Crippen molar-refractivity contribution in [1.29, 1.82) is 0 Å². The van der Waals surface area contributed by atoms with Crippen LogP contribution in [0.1, 0.15) is 11.1 Å². The number of nitrogens with zero attached hydrogens (tertiary/aromatic N) is 2. The number of non-ortho nitro benzene ring substituents is 1. The molecule has 0 amide bonds. The first-order valence-corrected chi connectivity index (χ1v) is 5.82. The number of nitro benzene ring substituents is 1. The Kier molecular flexibility index (Phi) is 3.95. The van der Waals surface area contributed by atoms with Gasteiger partial charge in [0.05, 0.1) is 11.5 Å². The molecule has 0 aliphatic carbocycles. The van der Waals surface area contributed by atoms with Gasteiger partial charge < -0.3 is 10.2 Å². The summed E-state index contributed by atoms with van der Waals surface area (Å²) in [6.45, 7) is 0.0852. The monoisotopic (exact) mass is 272 g/mol. The third-order valence-electron chi connectivity index (χ3n) is 2.70. The normalized spacial score (nSPS) is 10.8. The number of phenols is 2. The Morgan fingerprint density at radius 3 is 2.60 bits per heavy atom. The first kappa shape index (κ1) is 13.5. The molecule has 0 unspecified atom stereocenters. The molecule has 102 valence electrons. The van der Waals surface area contributed by atoms with Crippen molar-refractivity contribution in [2.75, 3.05) is 0 Å². The maximum atomic E-state index is 10.7. The molecule has 0 spiro atoms.